The van der Waals surface area contributed by atoms with E-state index in [4.69, 9.17) is 0 Å². The van der Waals surface area contributed by atoms with Crippen LogP contribution in [0.4, 0.5) is 9.52 Å². The third kappa shape index (κ3) is 4.63. The van der Waals surface area contributed by atoms with Gasteiger partial charge in [0.25, 0.3) is 0 Å². The highest BCUT2D eigenvalue weighted by atomic mass is 32.1. The van der Waals surface area contributed by atoms with Gasteiger partial charge in [0.2, 0.25) is 11.8 Å². The van der Waals surface area contributed by atoms with Crippen LogP contribution in [0.3, 0.4) is 0 Å². The molecule has 2 aromatic rings. The number of likely N-dealkylation sites (tertiary alicyclic amines) is 1. The van der Waals surface area contributed by atoms with E-state index >= 15 is 0 Å². The summed E-state index contributed by atoms with van der Waals surface area (Å²) in [6.45, 7) is 2.79. The Labute approximate surface area is 149 Å². The molecule has 7 heteroatoms. The van der Waals surface area contributed by atoms with E-state index in [9.17, 15) is 14.0 Å². The van der Waals surface area contributed by atoms with E-state index in [2.05, 4.69) is 10.3 Å². The highest BCUT2D eigenvalue weighted by Crippen LogP contribution is 2.24. The predicted molar refractivity (Wildman–Crippen MR) is 94.9 cm³/mol. The third-order valence-electron chi connectivity index (χ3n) is 4.36. The van der Waals surface area contributed by atoms with Crippen molar-refractivity contribution < 1.29 is 14.0 Å². The Morgan fingerprint density at radius 1 is 1.36 bits per heavy atom. The maximum Gasteiger partial charge on any atom is 0.229 e. The summed E-state index contributed by atoms with van der Waals surface area (Å²) in [5.74, 6) is -0.339. The van der Waals surface area contributed by atoms with Gasteiger partial charge >= 0.3 is 0 Å². The van der Waals surface area contributed by atoms with Gasteiger partial charge in [-0.15, -0.1) is 11.3 Å². The van der Waals surface area contributed by atoms with E-state index in [0.717, 1.165) is 10.4 Å². The summed E-state index contributed by atoms with van der Waals surface area (Å²) in [4.78, 5) is 30.7. The molecule has 1 N–H and O–H groups in total. The second-order valence-corrected chi connectivity index (χ2v) is 7.32. The monoisotopic (exact) mass is 361 g/mol. The number of amides is 2. The van der Waals surface area contributed by atoms with Crippen LogP contribution < -0.4 is 5.32 Å². The first-order valence-corrected chi connectivity index (χ1v) is 9.08. The van der Waals surface area contributed by atoms with Gasteiger partial charge in [-0.3, -0.25) is 9.59 Å². The van der Waals surface area contributed by atoms with Crippen molar-refractivity contribution in [1.29, 1.82) is 0 Å². The van der Waals surface area contributed by atoms with Crippen molar-refractivity contribution in [1.82, 2.24) is 9.88 Å². The summed E-state index contributed by atoms with van der Waals surface area (Å²) >= 11 is 1.40. The van der Waals surface area contributed by atoms with Gasteiger partial charge in [0.05, 0.1) is 0 Å². The number of hydrogen-bond acceptors (Lipinski definition) is 4. The first-order chi connectivity index (χ1) is 12.0. The standard InChI is InChI=1S/C18H20FN3O2S/c1-12(23)22-7-5-14(6-8-22)17(24)21-18-20-11-16(25-18)10-13-3-2-4-15(19)9-13/h2-4,9,11,14H,5-8,10H2,1H3,(H,20,21,24). The number of nitrogens with one attached hydrogen (secondary N) is 1. The van der Waals surface area contributed by atoms with Crippen molar-refractivity contribution >= 4 is 28.3 Å². The van der Waals surface area contributed by atoms with Crippen LogP contribution in [0.25, 0.3) is 0 Å². The molecule has 3 rings (SSSR count). The molecule has 1 aliphatic heterocycles. The Morgan fingerprint density at radius 3 is 2.80 bits per heavy atom. The molecule has 1 aromatic carbocycles. The lowest BCUT2D eigenvalue weighted by Gasteiger charge is -2.30. The second-order valence-electron chi connectivity index (χ2n) is 6.21. The number of carbonyl (C=O) groups excluding carboxylic acids is 2. The van der Waals surface area contributed by atoms with Gasteiger partial charge in [-0.1, -0.05) is 12.1 Å². The summed E-state index contributed by atoms with van der Waals surface area (Å²) < 4.78 is 13.2. The molecule has 1 fully saturated rings. The number of nitrogens with zero attached hydrogens (tertiary/aromatic N) is 2. The van der Waals surface area contributed by atoms with Gasteiger partial charge in [-0.25, -0.2) is 9.37 Å². The zero-order valence-corrected chi connectivity index (χ0v) is 14.8. The Hall–Kier alpha value is -2.28. The maximum absolute atomic E-state index is 13.2. The molecule has 0 spiro atoms. The number of thiazole rings is 1. The van der Waals surface area contributed by atoms with Gasteiger partial charge in [-0.2, -0.15) is 0 Å². The molecule has 0 atom stereocenters. The molecule has 1 aliphatic rings. The summed E-state index contributed by atoms with van der Waals surface area (Å²) in [6, 6.07) is 6.46. The SMILES string of the molecule is CC(=O)N1CCC(C(=O)Nc2ncc(Cc3cccc(F)c3)s2)CC1. The summed E-state index contributed by atoms with van der Waals surface area (Å²) in [6.07, 6.45) is 3.64. The van der Waals surface area contributed by atoms with Crippen molar-refractivity contribution in [3.8, 4) is 0 Å². The number of benzene rings is 1. The number of hydrogen-bond donors (Lipinski definition) is 1. The fourth-order valence-electron chi connectivity index (χ4n) is 2.96. The molecule has 0 unspecified atom stereocenters. The quantitative estimate of drug-likeness (QED) is 0.910. The lowest BCUT2D eigenvalue weighted by molar-refractivity contribution is -0.132. The van der Waals surface area contributed by atoms with E-state index in [0.29, 0.717) is 37.5 Å². The zero-order valence-electron chi connectivity index (χ0n) is 14.0. The number of carbonyl (C=O) groups is 2. The lowest BCUT2D eigenvalue weighted by atomic mass is 9.96. The van der Waals surface area contributed by atoms with Crippen molar-refractivity contribution in [3.05, 3.63) is 46.7 Å². The molecule has 0 saturated carbocycles. The van der Waals surface area contributed by atoms with Gasteiger partial charge in [0.15, 0.2) is 5.13 Å². The maximum atomic E-state index is 13.2. The molecule has 2 amide bonds. The minimum atomic E-state index is -0.257. The summed E-state index contributed by atoms with van der Waals surface area (Å²) in [5.41, 5.74) is 0.873. The lowest BCUT2D eigenvalue weighted by Crippen LogP contribution is -2.40. The molecule has 1 saturated heterocycles. The van der Waals surface area contributed by atoms with E-state index in [1.54, 1.807) is 24.1 Å². The van der Waals surface area contributed by atoms with Crippen LogP contribution in [-0.4, -0.2) is 34.8 Å². The number of anilines is 1. The fraction of sp³-hybridized carbons (Fsp3) is 0.389. The number of piperidine rings is 1. The molecule has 132 valence electrons. The number of halogens is 1. The van der Waals surface area contributed by atoms with Gasteiger partial charge in [0, 0.05) is 43.4 Å². The zero-order chi connectivity index (χ0) is 17.8. The highest BCUT2D eigenvalue weighted by molar-refractivity contribution is 7.15. The van der Waals surface area contributed by atoms with E-state index in [1.807, 2.05) is 6.07 Å². The third-order valence-corrected chi connectivity index (χ3v) is 5.27. The number of rotatable bonds is 4. The Kier molecular flexibility index (Phi) is 5.43. The van der Waals surface area contributed by atoms with Crippen molar-refractivity contribution in [2.24, 2.45) is 5.92 Å². The summed E-state index contributed by atoms with van der Waals surface area (Å²) in [7, 11) is 0. The average Bonchev–Trinajstić information content (AvgIpc) is 3.01. The minimum Gasteiger partial charge on any atom is -0.343 e. The molecule has 5 nitrogen and oxygen atoms in total. The Balaban J connectivity index is 1.54. The molecule has 0 radical (unpaired) electrons. The molecule has 0 aliphatic carbocycles. The van der Waals surface area contributed by atoms with Gasteiger partial charge < -0.3 is 10.2 Å². The first kappa shape index (κ1) is 17.5. The largest absolute Gasteiger partial charge is 0.343 e. The van der Waals surface area contributed by atoms with Crippen LogP contribution in [0.2, 0.25) is 0 Å². The second kappa shape index (κ2) is 7.74. The van der Waals surface area contributed by atoms with E-state index in [1.165, 1.54) is 23.5 Å². The van der Waals surface area contributed by atoms with Crippen LogP contribution in [0.1, 0.15) is 30.2 Å². The van der Waals surface area contributed by atoms with E-state index in [-0.39, 0.29) is 23.5 Å². The molecule has 2 heterocycles. The molecular formula is C18H20FN3O2S. The van der Waals surface area contributed by atoms with Crippen LogP contribution in [0.15, 0.2) is 30.5 Å². The Bertz CT molecular complexity index is 769. The Morgan fingerprint density at radius 2 is 2.12 bits per heavy atom. The molecular weight excluding hydrogens is 341 g/mol. The van der Waals surface area contributed by atoms with Crippen LogP contribution >= 0.6 is 11.3 Å². The molecule has 25 heavy (non-hydrogen) atoms. The fourth-order valence-corrected chi connectivity index (χ4v) is 3.81. The normalized spacial score (nSPS) is 15.2. The highest BCUT2D eigenvalue weighted by Gasteiger charge is 2.26. The van der Waals surface area contributed by atoms with Crippen LogP contribution in [-0.2, 0) is 16.0 Å². The number of aromatic nitrogens is 1. The van der Waals surface area contributed by atoms with Crippen molar-refractivity contribution in [2.75, 3.05) is 18.4 Å². The van der Waals surface area contributed by atoms with E-state index < -0.39 is 0 Å². The van der Waals surface area contributed by atoms with Gasteiger partial charge in [-0.05, 0) is 30.5 Å². The topological polar surface area (TPSA) is 62.3 Å². The summed E-state index contributed by atoms with van der Waals surface area (Å²) in [5, 5.41) is 3.42. The van der Waals surface area contributed by atoms with Gasteiger partial charge in [0.1, 0.15) is 5.82 Å². The van der Waals surface area contributed by atoms with Crippen LogP contribution in [0.5, 0.6) is 0 Å². The minimum absolute atomic E-state index is 0.0464. The average molecular weight is 361 g/mol. The predicted octanol–water partition coefficient (Wildman–Crippen LogP) is 3.07. The van der Waals surface area contributed by atoms with Crippen molar-refractivity contribution in [2.45, 2.75) is 26.2 Å². The van der Waals surface area contributed by atoms with Crippen LogP contribution in [0, 0.1) is 11.7 Å². The molecule has 1 aromatic heterocycles. The first-order valence-electron chi connectivity index (χ1n) is 8.27. The molecule has 0 bridgehead atoms. The smallest absolute Gasteiger partial charge is 0.229 e. The van der Waals surface area contributed by atoms with Crippen molar-refractivity contribution in [3.63, 3.8) is 0 Å².